The number of benzene rings is 10. The Balaban J connectivity index is 1.13. The van der Waals surface area contributed by atoms with E-state index in [0.717, 1.165) is 33.2 Å². The van der Waals surface area contributed by atoms with Crippen molar-refractivity contribution in [3.05, 3.63) is 200 Å². The van der Waals surface area contributed by atoms with Crippen molar-refractivity contribution in [1.82, 2.24) is 4.57 Å². The predicted octanol–water partition coefficient (Wildman–Crippen LogP) is 15.1. The second-order valence-electron chi connectivity index (χ2n) is 14.8. The van der Waals surface area contributed by atoms with E-state index in [2.05, 4.69) is 205 Å². The van der Waals surface area contributed by atoms with E-state index in [9.17, 15) is 0 Å². The second kappa shape index (κ2) is 12.0. The number of hydrogen-bond acceptors (Lipinski definition) is 1. The van der Waals surface area contributed by atoms with Crippen molar-refractivity contribution < 1.29 is 4.42 Å². The summed E-state index contributed by atoms with van der Waals surface area (Å²) in [5.41, 5.74) is 12.5. The summed E-state index contributed by atoms with van der Waals surface area (Å²) in [5, 5.41) is 12.1. The van der Waals surface area contributed by atoms with Crippen LogP contribution < -0.4 is 0 Å². The number of aromatic nitrogens is 1. The van der Waals surface area contributed by atoms with Gasteiger partial charge in [0.05, 0.1) is 11.0 Å². The fourth-order valence-electron chi connectivity index (χ4n) is 9.45. The summed E-state index contributed by atoms with van der Waals surface area (Å²) in [4.78, 5) is 0. The molecule has 0 spiro atoms. The van der Waals surface area contributed by atoms with Crippen LogP contribution in [0.25, 0.3) is 115 Å². The van der Waals surface area contributed by atoms with E-state index in [1.165, 1.54) is 81.9 Å². The van der Waals surface area contributed by atoms with E-state index >= 15 is 0 Å². The second-order valence-corrected chi connectivity index (χ2v) is 14.8. The fourth-order valence-corrected chi connectivity index (χ4v) is 9.45. The minimum atomic E-state index is 0.895. The van der Waals surface area contributed by atoms with Crippen LogP contribution in [0.2, 0.25) is 0 Å². The molecule has 0 atom stereocenters. The lowest BCUT2D eigenvalue weighted by atomic mass is 9.85. The number of rotatable bonds is 4. The number of hydrogen-bond donors (Lipinski definition) is 0. The molecule has 0 bridgehead atoms. The van der Waals surface area contributed by atoms with Crippen LogP contribution in [0, 0.1) is 0 Å². The van der Waals surface area contributed by atoms with E-state index in [0.29, 0.717) is 0 Å². The zero-order valence-corrected chi connectivity index (χ0v) is 30.4. The molecule has 0 aliphatic carbocycles. The molecule has 0 aliphatic rings. The van der Waals surface area contributed by atoms with E-state index in [1.807, 2.05) is 0 Å². The maximum atomic E-state index is 7.01. The van der Waals surface area contributed by atoms with Gasteiger partial charge in [-0.05, 0) is 91.0 Å². The maximum absolute atomic E-state index is 7.01. The van der Waals surface area contributed by atoms with Gasteiger partial charge in [0.15, 0.2) is 0 Å². The zero-order valence-electron chi connectivity index (χ0n) is 30.4. The van der Waals surface area contributed by atoms with Gasteiger partial charge in [0, 0.05) is 38.4 Å². The van der Waals surface area contributed by atoms with E-state index < -0.39 is 0 Å². The van der Waals surface area contributed by atoms with Gasteiger partial charge < -0.3 is 8.98 Å². The quantitative estimate of drug-likeness (QED) is 0.166. The first-order valence-corrected chi connectivity index (χ1v) is 19.3. The lowest BCUT2D eigenvalue weighted by Crippen LogP contribution is -1.92. The van der Waals surface area contributed by atoms with Crippen molar-refractivity contribution >= 4 is 76.1 Å². The fraction of sp³-hybridized carbons (Fsp3) is 0. The van der Waals surface area contributed by atoms with Gasteiger partial charge in [0.2, 0.25) is 0 Å². The van der Waals surface area contributed by atoms with Crippen LogP contribution in [-0.2, 0) is 0 Å². The van der Waals surface area contributed by atoms with Crippen molar-refractivity contribution in [3.8, 4) is 39.1 Å². The molecule has 12 aromatic rings. The van der Waals surface area contributed by atoms with Crippen LogP contribution >= 0.6 is 0 Å². The van der Waals surface area contributed by atoms with Crippen LogP contribution in [0.15, 0.2) is 205 Å². The summed E-state index contributed by atoms with van der Waals surface area (Å²) >= 11 is 0. The van der Waals surface area contributed by atoms with Gasteiger partial charge in [-0.3, -0.25) is 0 Å². The highest BCUT2D eigenvalue weighted by Crippen LogP contribution is 2.48. The molecule has 0 fully saturated rings. The van der Waals surface area contributed by atoms with E-state index in [-0.39, 0.29) is 0 Å². The Labute approximate surface area is 323 Å². The molecule has 0 saturated carbocycles. The first kappa shape index (κ1) is 31.0. The highest BCUT2D eigenvalue weighted by atomic mass is 16.3. The maximum Gasteiger partial charge on any atom is 0.143 e. The molecule has 0 N–H and O–H groups in total. The van der Waals surface area contributed by atoms with Crippen molar-refractivity contribution in [2.24, 2.45) is 0 Å². The predicted molar refractivity (Wildman–Crippen MR) is 237 cm³/mol. The molecular formula is C54H33NO. The smallest absolute Gasteiger partial charge is 0.143 e. The standard InChI is InChI=1S/C54H33NO/c1-2-19-37(20-3-1)55-47-30-11-10-26-44(47)52-48(55)31-32-49-53(52)46-29-14-28-45(54(46)56-49)51-42-24-8-6-22-40(42)50(41-23-7-9-25-43(41)51)36-18-12-17-35(33-36)39-27-13-16-34-15-4-5-21-38(34)39/h1-33H. The summed E-state index contributed by atoms with van der Waals surface area (Å²) in [6.07, 6.45) is 0. The molecular weight excluding hydrogens is 679 g/mol. The Kier molecular flexibility index (Phi) is 6.66. The average Bonchev–Trinajstić information content (AvgIpc) is 3.82. The average molecular weight is 712 g/mol. The molecule has 2 nitrogen and oxygen atoms in total. The molecule has 0 radical (unpaired) electrons. The topological polar surface area (TPSA) is 18.1 Å². The van der Waals surface area contributed by atoms with Crippen LogP contribution in [0.5, 0.6) is 0 Å². The molecule has 2 heteroatoms. The third-order valence-corrected chi connectivity index (χ3v) is 11.8. The molecule has 260 valence electrons. The van der Waals surface area contributed by atoms with Gasteiger partial charge in [-0.1, -0.05) is 164 Å². The molecule has 0 unspecified atom stereocenters. The lowest BCUT2D eigenvalue weighted by molar-refractivity contribution is 0.670. The Morgan fingerprint density at radius 2 is 0.911 bits per heavy atom. The van der Waals surface area contributed by atoms with Gasteiger partial charge in [-0.2, -0.15) is 0 Å². The van der Waals surface area contributed by atoms with Gasteiger partial charge in [0.1, 0.15) is 11.2 Å². The Morgan fingerprint density at radius 3 is 1.70 bits per heavy atom. The normalized spacial score (nSPS) is 11.9. The highest BCUT2D eigenvalue weighted by Gasteiger charge is 2.23. The molecule has 10 aromatic carbocycles. The summed E-state index contributed by atoms with van der Waals surface area (Å²) in [7, 11) is 0. The molecule has 0 aliphatic heterocycles. The largest absolute Gasteiger partial charge is 0.455 e. The van der Waals surface area contributed by atoms with Crippen LogP contribution in [-0.4, -0.2) is 4.57 Å². The van der Waals surface area contributed by atoms with Gasteiger partial charge >= 0.3 is 0 Å². The minimum Gasteiger partial charge on any atom is -0.455 e. The van der Waals surface area contributed by atoms with Gasteiger partial charge in [0.25, 0.3) is 0 Å². The Hall–Kier alpha value is -7.42. The first-order chi connectivity index (χ1) is 27.8. The minimum absolute atomic E-state index is 0.895. The lowest BCUT2D eigenvalue weighted by Gasteiger charge is -2.18. The number of furan rings is 1. The Morgan fingerprint density at radius 1 is 0.339 bits per heavy atom. The molecule has 0 saturated heterocycles. The zero-order chi connectivity index (χ0) is 36.7. The first-order valence-electron chi connectivity index (χ1n) is 19.3. The molecule has 0 amide bonds. The van der Waals surface area contributed by atoms with E-state index in [4.69, 9.17) is 4.42 Å². The molecule has 2 heterocycles. The highest BCUT2D eigenvalue weighted by molar-refractivity contribution is 6.30. The summed E-state index contributed by atoms with van der Waals surface area (Å²) < 4.78 is 9.39. The van der Waals surface area contributed by atoms with Gasteiger partial charge in [-0.25, -0.2) is 0 Å². The van der Waals surface area contributed by atoms with Gasteiger partial charge in [-0.15, -0.1) is 0 Å². The number of para-hydroxylation sites is 3. The van der Waals surface area contributed by atoms with E-state index in [1.54, 1.807) is 0 Å². The van der Waals surface area contributed by atoms with Crippen molar-refractivity contribution in [1.29, 1.82) is 0 Å². The third kappa shape index (κ3) is 4.44. The Bertz CT molecular complexity index is 3470. The number of nitrogens with zero attached hydrogens (tertiary/aromatic N) is 1. The molecule has 56 heavy (non-hydrogen) atoms. The SMILES string of the molecule is c1ccc(-n2c3ccccc3c3c4c(ccc32)oc2c(-c3c5ccccc5c(-c5cccc(-c6cccc7ccccc67)c5)c5ccccc35)cccc24)cc1. The molecule has 2 aromatic heterocycles. The summed E-state index contributed by atoms with van der Waals surface area (Å²) in [6.45, 7) is 0. The molecule has 12 rings (SSSR count). The number of fused-ring (bicyclic) bond motifs is 10. The van der Waals surface area contributed by atoms with Crippen molar-refractivity contribution in [3.63, 3.8) is 0 Å². The summed E-state index contributed by atoms with van der Waals surface area (Å²) in [5.74, 6) is 0. The third-order valence-electron chi connectivity index (χ3n) is 11.8. The van der Waals surface area contributed by atoms with Crippen LogP contribution in [0.4, 0.5) is 0 Å². The van der Waals surface area contributed by atoms with Crippen LogP contribution in [0.1, 0.15) is 0 Å². The summed E-state index contributed by atoms with van der Waals surface area (Å²) in [6, 6.07) is 72.5. The van der Waals surface area contributed by atoms with Crippen molar-refractivity contribution in [2.45, 2.75) is 0 Å². The monoisotopic (exact) mass is 711 g/mol. The van der Waals surface area contributed by atoms with Crippen LogP contribution in [0.3, 0.4) is 0 Å². The van der Waals surface area contributed by atoms with Crippen molar-refractivity contribution in [2.75, 3.05) is 0 Å².